The van der Waals surface area contributed by atoms with Crippen molar-refractivity contribution >= 4 is 28.6 Å². The number of ether oxygens (including phenoxy) is 1. The van der Waals surface area contributed by atoms with Gasteiger partial charge in [0.2, 0.25) is 0 Å². The molecule has 1 aromatic heterocycles. The van der Waals surface area contributed by atoms with Crippen molar-refractivity contribution in [3.05, 3.63) is 35.5 Å². The third kappa shape index (κ3) is 2.82. The zero-order chi connectivity index (χ0) is 13.1. The third-order valence-corrected chi connectivity index (χ3v) is 3.66. The highest BCUT2D eigenvalue weighted by molar-refractivity contribution is 8.00. The molecule has 0 aliphatic heterocycles. The SMILES string of the molecule is COC(=O)CSc1cc(C)nc2ccc(C)cc12. The van der Waals surface area contributed by atoms with Gasteiger partial charge in [0, 0.05) is 16.0 Å². The highest BCUT2D eigenvalue weighted by Crippen LogP contribution is 2.28. The first-order chi connectivity index (χ1) is 8.60. The molecular formula is C14H15NO2S. The van der Waals surface area contributed by atoms with E-state index in [0.717, 1.165) is 21.5 Å². The molecule has 0 saturated carbocycles. The molecule has 0 unspecified atom stereocenters. The van der Waals surface area contributed by atoms with Crippen molar-refractivity contribution in [3.8, 4) is 0 Å². The van der Waals surface area contributed by atoms with E-state index in [1.807, 2.05) is 32.0 Å². The first-order valence-corrected chi connectivity index (χ1v) is 6.66. The van der Waals surface area contributed by atoms with Crippen LogP contribution in [0.5, 0.6) is 0 Å². The minimum atomic E-state index is -0.213. The average molecular weight is 261 g/mol. The quantitative estimate of drug-likeness (QED) is 0.628. The van der Waals surface area contributed by atoms with Gasteiger partial charge in [-0.1, -0.05) is 11.6 Å². The molecule has 0 aliphatic rings. The molecule has 2 aromatic rings. The second kappa shape index (κ2) is 5.40. The number of benzene rings is 1. The number of fused-ring (bicyclic) bond motifs is 1. The zero-order valence-electron chi connectivity index (χ0n) is 10.7. The Bertz CT molecular complexity index is 596. The summed E-state index contributed by atoms with van der Waals surface area (Å²) in [5.41, 5.74) is 3.11. The van der Waals surface area contributed by atoms with Crippen LogP contribution in [0.2, 0.25) is 0 Å². The first-order valence-electron chi connectivity index (χ1n) is 5.68. The summed E-state index contributed by atoms with van der Waals surface area (Å²) in [6.45, 7) is 4.01. The van der Waals surface area contributed by atoms with Crippen LogP contribution in [0.3, 0.4) is 0 Å². The number of carbonyl (C=O) groups excluding carboxylic acids is 1. The van der Waals surface area contributed by atoms with Crippen molar-refractivity contribution in [2.75, 3.05) is 12.9 Å². The number of methoxy groups -OCH3 is 1. The van der Waals surface area contributed by atoms with Gasteiger partial charge in [-0.25, -0.2) is 0 Å². The molecule has 0 fully saturated rings. The summed E-state index contributed by atoms with van der Waals surface area (Å²) < 4.78 is 4.66. The molecule has 0 aliphatic carbocycles. The van der Waals surface area contributed by atoms with Gasteiger partial charge in [0.1, 0.15) is 0 Å². The zero-order valence-corrected chi connectivity index (χ0v) is 11.5. The first kappa shape index (κ1) is 12.9. The van der Waals surface area contributed by atoms with Gasteiger partial charge in [-0.2, -0.15) is 0 Å². The Morgan fingerprint density at radius 1 is 1.33 bits per heavy atom. The lowest BCUT2D eigenvalue weighted by molar-refractivity contribution is -0.137. The summed E-state index contributed by atoms with van der Waals surface area (Å²) in [6.07, 6.45) is 0. The van der Waals surface area contributed by atoms with Gasteiger partial charge in [-0.15, -0.1) is 11.8 Å². The average Bonchev–Trinajstić information content (AvgIpc) is 2.36. The van der Waals surface area contributed by atoms with Crippen molar-refractivity contribution in [2.24, 2.45) is 0 Å². The molecule has 1 aromatic carbocycles. The van der Waals surface area contributed by atoms with E-state index in [1.165, 1.54) is 24.4 Å². The van der Waals surface area contributed by atoms with Crippen molar-refractivity contribution in [1.82, 2.24) is 4.98 Å². The van der Waals surface area contributed by atoms with Gasteiger partial charge >= 0.3 is 5.97 Å². The molecule has 0 radical (unpaired) electrons. The molecule has 0 bridgehead atoms. The Labute approximate surface area is 111 Å². The fourth-order valence-corrected chi connectivity index (χ4v) is 2.71. The molecule has 1 heterocycles. The molecule has 18 heavy (non-hydrogen) atoms. The summed E-state index contributed by atoms with van der Waals surface area (Å²) in [7, 11) is 1.41. The van der Waals surface area contributed by atoms with Gasteiger partial charge in [0.15, 0.2) is 0 Å². The van der Waals surface area contributed by atoms with E-state index in [4.69, 9.17) is 0 Å². The highest BCUT2D eigenvalue weighted by atomic mass is 32.2. The fraction of sp³-hybridized carbons (Fsp3) is 0.286. The van der Waals surface area contributed by atoms with Gasteiger partial charge in [0.05, 0.1) is 18.4 Å². The lowest BCUT2D eigenvalue weighted by Gasteiger charge is -2.07. The van der Waals surface area contributed by atoms with Crippen LogP contribution in [-0.2, 0) is 9.53 Å². The van der Waals surface area contributed by atoms with Crippen LogP contribution in [0.15, 0.2) is 29.2 Å². The van der Waals surface area contributed by atoms with E-state index in [2.05, 4.69) is 15.8 Å². The number of hydrogen-bond donors (Lipinski definition) is 0. The van der Waals surface area contributed by atoms with E-state index in [1.54, 1.807) is 0 Å². The maximum atomic E-state index is 11.2. The predicted molar refractivity (Wildman–Crippen MR) is 74.0 cm³/mol. The lowest BCUT2D eigenvalue weighted by atomic mass is 10.1. The largest absolute Gasteiger partial charge is 0.468 e. The summed E-state index contributed by atoms with van der Waals surface area (Å²) in [5, 5.41) is 1.09. The number of pyridine rings is 1. The van der Waals surface area contributed by atoms with E-state index >= 15 is 0 Å². The van der Waals surface area contributed by atoms with Crippen LogP contribution >= 0.6 is 11.8 Å². The topological polar surface area (TPSA) is 39.2 Å². The molecule has 0 saturated heterocycles. The number of rotatable bonds is 3. The lowest BCUT2D eigenvalue weighted by Crippen LogP contribution is -2.03. The molecule has 0 atom stereocenters. The number of aromatic nitrogens is 1. The Hall–Kier alpha value is -1.55. The number of carbonyl (C=O) groups is 1. The molecule has 2 rings (SSSR count). The molecule has 4 heteroatoms. The molecular weight excluding hydrogens is 246 g/mol. The smallest absolute Gasteiger partial charge is 0.315 e. The minimum absolute atomic E-state index is 0.213. The van der Waals surface area contributed by atoms with E-state index in [-0.39, 0.29) is 5.97 Å². The Morgan fingerprint density at radius 2 is 2.11 bits per heavy atom. The second-order valence-electron chi connectivity index (χ2n) is 4.15. The maximum Gasteiger partial charge on any atom is 0.315 e. The van der Waals surface area contributed by atoms with Crippen molar-refractivity contribution < 1.29 is 9.53 Å². The fourth-order valence-electron chi connectivity index (χ4n) is 1.75. The molecule has 3 nitrogen and oxygen atoms in total. The molecule has 0 spiro atoms. The molecule has 0 N–H and O–H groups in total. The van der Waals surface area contributed by atoms with Crippen molar-refractivity contribution in [2.45, 2.75) is 18.7 Å². The van der Waals surface area contributed by atoms with Gasteiger partial charge in [-0.3, -0.25) is 9.78 Å². The summed E-state index contributed by atoms with van der Waals surface area (Å²) in [5.74, 6) is 0.110. The number of esters is 1. The number of nitrogens with zero attached hydrogens (tertiary/aromatic N) is 1. The van der Waals surface area contributed by atoms with Crippen LogP contribution in [0.1, 0.15) is 11.3 Å². The Morgan fingerprint density at radius 3 is 2.83 bits per heavy atom. The highest BCUT2D eigenvalue weighted by Gasteiger charge is 2.08. The number of hydrogen-bond acceptors (Lipinski definition) is 4. The van der Waals surface area contributed by atoms with Crippen LogP contribution in [0, 0.1) is 13.8 Å². The third-order valence-electron chi connectivity index (χ3n) is 2.63. The second-order valence-corrected chi connectivity index (χ2v) is 5.16. The predicted octanol–water partition coefficient (Wildman–Crippen LogP) is 3.12. The normalized spacial score (nSPS) is 10.6. The maximum absolute atomic E-state index is 11.2. The Balaban J connectivity index is 2.41. The summed E-state index contributed by atoms with van der Waals surface area (Å²) in [6, 6.07) is 8.17. The van der Waals surface area contributed by atoms with Gasteiger partial charge in [-0.05, 0) is 32.0 Å². The van der Waals surface area contributed by atoms with E-state index in [0.29, 0.717) is 5.75 Å². The summed E-state index contributed by atoms with van der Waals surface area (Å²) in [4.78, 5) is 16.8. The monoisotopic (exact) mass is 261 g/mol. The van der Waals surface area contributed by atoms with Crippen LogP contribution in [-0.4, -0.2) is 23.8 Å². The van der Waals surface area contributed by atoms with E-state index < -0.39 is 0 Å². The number of thioether (sulfide) groups is 1. The van der Waals surface area contributed by atoms with Crippen LogP contribution < -0.4 is 0 Å². The number of aryl methyl sites for hydroxylation is 2. The standard InChI is InChI=1S/C14H15NO2S/c1-9-4-5-12-11(6-9)13(7-10(2)15-12)18-8-14(16)17-3/h4-7H,8H2,1-3H3. The van der Waals surface area contributed by atoms with Crippen LogP contribution in [0.4, 0.5) is 0 Å². The Kier molecular flexibility index (Phi) is 3.87. The van der Waals surface area contributed by atoms with Gasteiger partial charge < -0.3 is 4.74 Å². The minimum Gasteiger partial charge on any atom is -0.468 e. The summed E-state index contributed by atoms with van der Waals surface area (Å²) >= 11 is 1.49. The van der Waals surface area contributed by atoms with Crippen molar-refractivity contribution in [3.63, 3.8) is 0 Å². The molecule has 94 valence electrons. The van der Waals surface area contributed by atoms with Crippen LogP contribution in [0.25, 0.3) is 10.9 Å². The van der Waals surface area contributed by atoms with E-state index in [9.17, 15) is 4.79 Å². The van der Waals surface area contributed by atoms with Crippen molar-refractivity contribution in [1.29, 1.82) is 0 Å². The van der Waals surface area contributed by atoms with Gasteiger partial charge in [0.25, 0.3) is 0 Å². The molecule has 0 amide bonds.